The number of rotatable bonds is 3. The van der Waals surface area contributed by atoms with Crippen molar-refractivity contribution < 1.29 is 19.4 Å². The number of carbonyl (C=O) groups is 2. The van der Waals surface area contributed by atoms with E-state index in [9.17, 15) is 9.59 Å². The average molecular weight is 272 g/mol. The molecule has 18 heavy (non-hydrogen) atoms. The Balaban J connectivity index is 2.88. The van der Waals surface area contributed by atoms with Gasteiger partial charge in [-0.1, -0.05) is 11.3 Å². The molecular weight excluding hydrogens is 256 g/mol. The Bertz CT molecular complexity index is 450. The number of ether oxygens (including phenoxy) is 1. The number of aromatic nitrogens is 1. The highest BCUT2D eigenvalue weighted by Gasteiger charge is 2.24. The summed E-state index contributed by atoms with van der Waals surface area (Å²) >= 11 is 0.942. The number of hydrogen-bond acceptors (Lipinski definition) is 5. The number of amides is 1. The van der Waals surface area contributed by atoms with Crippen molar-refractivity contribution in [2.45, 2.75) is 33.3 Å². The minimum atomic E-state index is -1.06. The van der Waals surface area contributed by atoms with Gasteiger partial charge < -0.3 is 9.84 Å². The molecule has 0 unspecified atom stereocenters. The van der Waals surface area contributed by atoms with Gasteiger partial charge in [0.2, 0.25) is 0 Å². The predicted octanol–water partition coefficient (Wildman–Crippen LogP) is 2.60. The number of carboxylic acids is 1. The van der Waals surface area contributed by atoms with Gasteiger partial charge in [0.1, 0.15) is 10.5 Å². The molecule has 1 aromatic heterocycles. The zero-order valence-corrected chi connectivity index (χ0v) is 11.6. The van der Waals surface area contributed by atoms with E-state index >= 15 is 0 Å². The maximum absolute atomic E-state index is 11.9. The highest BCUT2D eigenvalue weighted by atomic mass is 32.1. The minimum Gasteiger partial charge on any atom is -0.477 e. The predicted molar refractivity (Wildman–Crippen MR) is 68.3 cm³/mol. The number of hydrogen-bond donors (Lipinski definition) is 1. The van der Waals surface area contributed by atoms with E-state index in [0.29, 0.717) is 11.7 Å². The molecule has 0 spiro atoms. The number of nitrogens with zero attached hydrogens (tertiary/aromatic N) is 2. The van der Waals surface area contributed by atoms with Crippen LogP contribution in [-0.2, 0) is 4.74 Å². The molecule has 1 heterocycles. The van der Waals surface area contributed by atoms with Crippen molar-refractivity contribution in [2.75, 3.05) is 11.4 Å². The van der Waals surface area contributed by atoms with Crippen LogP contribution in [0.4, 0.5) is 9.93 Å². The topological polar surface area (TPSA) is 79.7 Å². The summed E-state index contributed by atoms with van der Waals surface area (Å²) in [5.41, 5.74) is -0.600. The monoisotopic (exact) mass is 272 g/mol. The SMILES string of the molecule is CCN(C(=O)OC(C)(C)C)c1ncc(C(=O)O)s1. The normalized spacial score (nSPS) is 11.1. The van der Waals surface area contributed by atoms with Crippen molar-refractivity contribution in [2.24, 2.45) is 0 Å². The standard InChI is InChI=1S/C11H16N2O4S/c1-5-13(10(16)17-11(2,3)4)9-12-6-7(18-9)8(14)15/h6H,5H2,1-4H3,(H,14,15). The lowest BCUT2D eigenvalue weighted by atomic mass is 10.2. The summed E-state index contributed by atoms with van der Waals surface area (Å²) in [6, 6.07) is 0. The Morgan fingerprint density at radius 1 is 1.50 bits per heavy atom. The number of carboxylic acid groups (broad SMARTS) is 1. The number of thiazole rings is 1. The van der Waals surface area contributed by atoms with E-state index in [0.717, 1.165) is 11.3 Å². The average Bonchev–Trinajstić information content (AvgIpc) is 2.65. The molecule has 0 aliphatic rings. The molecule has 7 heteroatoms. The Kier molecular flexibility index (Phi) is 4.28. The lowest BCUT2D eigenvalue weighted by Gasteiger charge is -2.24. The van der Waals surface area contributed by atoms with Crippen LogP contribution >= 0.6 is 11.3 Å². The Morgan fingerprint density at radius 2 is 2.11 bits per heavy atom. The summed E-state index contributed by atoms with van der Waals surface area (Å²) in [7, 11) is 0. The molecule has 1 amide bonds. The van der Waals surface area contributed by atoms with Crippen LogP contribution in [-0.4, -0.2) is 34.3 Å². The van der Waals surface area contributed by atoms with Crippen molar-refractivity contribution in [1.29, 1.82) is 0 Å². The molecule has 100 valence electrons. The van der Waals surface area contributed by atoms with E-state index in [-0.39, 0.29) is 4.88 Å². The molecule has 0 aromatic carbocycles. The van der Waals surface area contributed by atoms with Crippen LogP contribution in [0.25, 0.3) is 0 Å². The van der Waals surface area contributed by atoms with Gasteiger partial charge in [-0.3, -0.25) is 4.90 Å². The summed E-state index contributed by atoms with van der Waals surface area (Å²) in [5.74, 6) is -1.06. The van der Waals surface area contributed by atoms with Crippen LogP contribution in [0.2, 0.25) is 0 Å². The Hall–Kier alpha value is -1.63. The van der Waals surface area contributed by atoms with Gasteiger partial charge in [0.25, 0.3) is 0 Å². The van der Waals surface area contributed by atoms with Crippen LogP contribution in [0.15, 0.2) is 6.20 Å². The summed E-state index contributed by atoms with van der Waals surface area (Å²) in [5, 5.41) is 9.14. The summed E-state index contributed by atoms with van der Waals surface area (Å²) in [6.07, 6.45) is 0.700. The third-order valence-corrected chi connectivity index (χ3v) is 2.87. The van der Waals surface area contributed by atoms with Crippen LogP contribution in [0.3, 0.4) is 0 Å². The second-order valence-corrected chi connectivity index (χ2v) is 5.55. The third-order valence-electron chi connectivity index (χ3n) is 1.87. The summed E-state index contributed by atoms with van der Waals surface area (Å²) < 4.78 is 5.22. The molecule has 0 bridgehead atoms. The molecule has 0 radical (unpaired) electrons. The van der Waals surface area contributed by atoms with E-state index in [2.05, 4.69) is 4.98 Å². The molecule has 1 N–H and O–H groups in total. The van der Waals surface area contributed by atoms with E-state index in [4.69, 9.17) is 9.84 Å². The first-order chi connectivity index (χ1) is 8.24. The second-order valence-electron chi connectivity index (χ2n) is 4.54. The first-order valence-electron chi connectivity index (χ1n) is 5.44. The third kappa shape index (κ3) is 3.69. The summed E-state index contributed by atoms with van der Waals surface area (Å²) in [4.78, 5) is 28.0. The molecular formula is C11H16N2O4S. The highest BCUT2D eigenvalue weighted by molar-refractivity contribution is 7.17. The number of anilines is 1. The largest absolute Gasteiger partial charge is 0.477 e. The van der Waals surface area contributed by atoms with Gasteiger partial charge in [-0.15, -0.1) is 0 Å². The zero-order valence-electron chi connectivity index (χ0n) is 10.8. The zero-order chi connectivity index (χ0) is 13.9. The fourth-order valence-electron chi connectivity index (χ4n) is 1.15. The Labute approximate surface area is 109 Å². The molecule has 0 aliphatic carbocycles. The molecule has 1 rings (SSSR count). The van der Waals surface area contributed by atoms with Crippen molar-refractivity contribution in [3.8, 4) is 0 Å². The Morgan fingerprint density at radius 3 is 2.50 bits per heavy atom. The van der Waals surface area contributed by atoms with E-state index in [1.807, 2.05) is 0 Å². The second kappa shape index (κ2) is 5.34. The molecule has 0 saturated carbocycles. The van der Waals surface area contributed by atoms with Gasteiger partial charge in [0, 0.05) is 6.54 Å². The molecule has 1 aromatic rings. The van der Waals surface area contributed by atoms with Crippen molar-refractivity contribution in [3.63, 3.8) is 0 Å². The van der Waals surface area contributed by atoms with E-state index < -0.39 is 17.7 Å². The van der Waals surface area contributed by atoms with Crippen LogP contribution in [0, 0.1) is 0 Å². The van der Waals surface area contributed by atoms with Gasteiger partial charge in [-0.2, -0.15) is 0 Å². The lowest BCUT2D eigenvalue weighted by molar-refractivity contribution is 0.0581. The number of carbonyl (C=O) groups excluding carboxylic acids is 1. The van der Waals surface area contributed by atoms with Crippen LogP contribution in [0.1, 0.15) is 37.4 Å². The number of aromatic carboxylic acids is 1. The van der Waals surface area contributed by atoms with E-state index in [1.165, 1.54) is 11.1 Å². The molecule has 0 saturated heterocycles. The minimum absolute atomic E-state index is 0.0898. The van der Waals surface area contributed by atoms with Crippen molar-refractivity contribution in [3.05, 3.63) is 11.1 Å². The maximum Gasteiger partial charge on any atom is 0.416 e. The fraction of sp³-hybridized carbons (Fsp3) is 0.545. The van der Waals surface area contributed by atoms with Crippen LogP contribution in [0.5, 0.6) is 0 Å². The van der Waals surface area contributed by atoms with Gasteiger partial charge in [-0.05, 0) is 27.7 Å². The first kappa shape index (κ1) is 14.4. The summed E-state index contributed by atoms with van der Waals surface area (Å²) in [6.45, 7) is 7.43. The van der Waals surface area contributed by atoms with Gasteiger partial charge in [0.05, 0.1) is 6.20 Å². The quantitative estimate of drug-likeness (QED) is 0.914. The fourth-order valence-corrected chi connectivity index (χ4v) is 1.96. The highest BCUT2D eigenvalue weighted by Crippen LogP contribution is 2.24. The molecule has 0 fully saturated rings. The molecule has 6 nitrogen and oxygen atoms in total. The molecule has 0 atom stereocenters. The first-order valence-corrected chi connectivity index (χ1v) is 6.26. The van der Waals surface area contributed by atoms with Gasteiger partial charge in [0.15, 0.2) is 5.13 Å². The van der Waals surface area contributed by atoms with Gasteiger partial charge in [-0.25, -0.2) is 14.6 Å². The maximum atomic E-state index is 11.9. The van der Waals surface area contributed by atoms with E-state index in [1.54, 1.807) is 27.7 Å². The van der Waals surface area contributed by atoms with Crippen molar-refractivity contribution in [1.82, 2.24) is 4.98 Å². The van der Waals surface area contributed by atoms with Crippen LogP contribution < -0.4 is 4.90 Å². The smallest absolute Gasteiger partial charge is 0.416 e. The lowest BCUT2D eigenvalue weighted by Crippen LogP contribution is -2.36. The molecule has 0 aliphatic heterocycles. The van der Waals surface area contributed by atoms with Gasteiger partial charge >= 0.3 is 12.1 Å². The van der Waals surface area contributed by atoms with Crippen molar-refractivity contribution >= 4 is 28.5 Å².